The summed E-state index contributed by atoms with van der Waals surface area (Å²) >= 11 is 0. The molecule has 1 amide bonds. The second kappa shape index (κ2) is 8.73. The van der Waals surface area contributed by atoms with Crippen LogP contribution in [-0.2, 0) is 16.4 Å². The molecule has 0 aliphatic carbocycles. The van der Waals surface area contributed by atoms with Crippen molar-refractivity contribution in [3.05, 3.63) is 47.5 Å². The number of ether oxygens (including phenoxy) is 2. The average Bonchev–Trinajstić information content (AvgIpc) is 2.68. The van der Waals surface area contributed by atoms with Crippen LogP contribution in [0.25, 0.3) is 0 Å². The first-order chi connectivity index (χ1) is 13.8. The highest BCUT2D eigenvalue weighted by Gasteiger charge is 2.24. The number of carbonyl (C=O) groups excluding carboxylic acids is 1. The van der Waals surface area contributed by atoms with E-state index in [1.54, 1.807) is 30.3 Å². The molecule has 2 aromatic carbocycles. The lowest BCUT2D eigenvalue weighted by Crippen LogP contribution is -2.34. The molecule has 3 rings (SSSR count). The minimum atomic E-state index is -3.32. The standard InChI is InChI=1S/C21H26N2O5S/c1-4-27-19-11-8-16(14-20(19)28-5-2)21(24)22-17-9-10-18-15(13-17)7-6-12-23(18)29(3,25)26/h8-11,13-14H,4-7,12H2,1-3H3,(H,22,24). The van der Waals surface area contributed by atoms with Crippen LogP contribution in [0.4, 0.5) is 11.4 Å². The summed E-state index contributed by atoms with van der Waals surface area (Å²) in [5, 5.41) is 2.88. The Bertz CT molecular complexity index is 1000. The fourth-order valence-corrected chi connectivity index (χ4v) is 4.38. The molecule has 0 bridgehead atoms. The van der Waals surface area contributed by atoms with Crippen LogP contribution >= 0.6 is 0 Å². The van der Waals surface area contributed by atoms with Gasteiger partial charge in [0.15, 0.2) is 11.5 Å². The van der Waals surface area contributed by atoms with Gasteiger partial charge in [-0.15, -0.1) is 0 Å². The van der Waals surface area contributed by atoms with Crippen molar-refractivity contribution in [2.24, 2.45) is 0 Å². The fraction of sp³-hybridized carbons (Fsp3) is 0.381. The van der Waals surface area contributed by atoms with Crippen LogP contribution in [0, 0.1) is 0 Å². The molecule has 0 radical (unpaired) electrons. The second-order valence-electron chi connectivity index (χ2n) is 6.76. The third-order valence-electron chi connectivity index (χ3n) is 4.62. The number of amides is 1. The average molecular weight is 419 g/mol. The van der Waals surface area contributed by atoms with Crippen LogP contribution in [0.2, 0.25) is 0 Å². The van der Waals surface area contributed by atoms with Crippen LogP contribution in [0.3, 0.4) is 0 Å². The molecule has 0 atom stereocenters. The molecule has 1 N–H and O–H groups in total. The van der Waals surface area contributed by atoms with Crippen molar-refractivity contribution in [3.63, 3.8) is 0 Å². The minimum Gasteiger partial charge on any atom is -0.490 e. The van der Waals surface area contributed by atoms with Gasteiger partial charge >= 0.3 is 0 Å². The largest absolute Gasteiger partial charge is 0.490 e. The molecule has 7 nitrogen and oxygen atoms in total. The number of sulfonamides is 1. The van der Waals surface area contributed by atoms with Gasteiger partial charge in [0.25, 0.3) is 5.91 Å². The number of aryl methyl sites for hydroxylation is 1. The number of rotatable bonds is 7. The van der Waals surface area contributed by atoms with Crippen LogP contribution in [0.15, 0.2) is 36.4 Å². The van der Waals surface area contributed by atoms with Gasteiger partial charge in [0.05, 0.1) is 25.2 Å². The monoisotopic (exact) mass is 418 g/mol. The quantitative estimate of drug-likeness (QED) is 0.744. The number of nitrogens with zero attached hydrogens (tertiary/aromatic N) is 1. The summed E-state index contributed by atoms with van der Waals surface area (Å²) in [7, 11) is -3.32. The van der Waals surface area contributed by atoms with E-state index in [-0.39, 0.29) is 5.91 Å². The smallest absolute Gasteiger partial charge is 0.255 e. The second-order valence-corrected chi connectivity index (χ2v) is 8.67. The zero-order chi connectivity index (χ0) is 21.0. The Kier molecular flexibility index (Phi) is 6.32. The molecule has 1 heterocycles. The van der Waals surface area contributed by atoms with Crippen molar-refractivity contribution in [3.8, 4) is 11.5 Å². The normalized spacial score (nSPS) is 13.6. The number of hydrogen-bond acceptors (Lipinski definition) is 5. The molecule has 0 aromatic heterocycles. The summed E-state index contributed by atoms with van der Waals surface area (Å²) in [4.78, 5) is 12.7. The number of hydrogen-bond donors (Lipinski definition) is 1. The van der Waals surface area contributed by atoms with Gasteiger partial charge in [-0.2, -0.15) is 0 Å². The molecule has 1 aliphatic heterocycles. The first-order valence-corrected chi connectivity index (χ1v) is 11.5. The van der Waals surface area contributed by atoms with E-state index in [4.69, 9.17) is 9.47 Å². The molecule has 156 valence electrons. The maximum Gasteiger partial charge on any atom is 0.255 e. The van der Waals surface area contributed by atoms with Gasteiger partial charge in [-0.1, -0.05) is 0 Å². The molecular weight excluding hydrogens is 392 g/mol. The van der Waals surface area contributed by atoms with Crippen molar-refractivity contribution in [2.45, 2.75) is 26.7 Å². The molecule has 0 fully saturated rings. The SMILES string of the molecule is CCOc1ccc(C(=O)Nc2ccc3c(c2)CCCN3S(C)(=O)=O)cc1OCC. The Morgan fingerprint density at radius 1 is 1.07 bits per heavy atom. The topological polar surface area (TPSA) is 84.9 Å². The Morgan fingerprint density at radius 2 is 1.79 bits per heavy atom. The van der Waals surface area contributed by atoms with Crippen LogP contribution in [0.5, 0.6) is 11.5 Å². The molecule has 0 unspecified atom stereocenters. The summed E-state index contributed by atoms with van der Waals surface area (Å²) in [5.41, 5.74) is 2.65. The number of nitrogens with one attached hydrogen (secondary N) is 1. The van der Waals surface area contributed by atoms with Crippen LogP contribution in [-0.4, -0.2) is 40.3 Å². The van der Waals surface area contributed by atoms with Crippen molar-refractivity contribution >= 4 is 27.3 Å². The van der Waals surface area contributed by atoms with Gasteiger partial charge in [-0.3, -0.25) is 9.10 Å². The molecular formula is C21H26N2O5S. The number of benzene rings is 2. The summed E-state index contributed by atoms with van der Waals surface area (Å²) < 4.78 is 36.5. The lowest BCUT2D eigenvalue weighted by Gasteiger charge is -2.29. The minimum absolute atomic E-state index is 0.273. The highest BCUT2D eigenvalue weighted by Crippen LogP contribution is 2.32. The molecule has 8 heteroatoms. The number of anilines is 2. The van der Waals surface area contributed by atoms with Gasteiger partial charge in [-0.05, 0) is 68.7 Å². The maximum absolute atomic E-state index is 12.7. The first kappa shape index (κ1) is 21.0. The number of carbonyl (C=O) groups is 1. The van der Waals surface area contributed by atoms with Gasteiger partial charge in [-0.25, -0.2) is 8.42 Å². The molecule has 1 aliphatic rings. The third kappa shape index (κ3) is 4.82. The van der Waals surface area contributed by atoms with E-state index in [0.717, 1.165) is 18.4 Å². The Morgan fingerprint density at radius 3 is 2.48 bits per heavy atom. The Hall–Kier alpha value is -2.74. The van der Waals surface area contributed by atoms with Crippen molar-refractivity contribution in [1.29, 1.82) is 0 Å². The van der Waals surface area contributed by atoms with E-state index in [1.807, 2.05) is 19.9 Å². The molecule has 0 spiro atoms. The highest BCUT2D eigenvalue weighted by atomic mass is 32.2. The van der Waals surface area contributed by atoms with Gasteiger partial charge in [0.2, 0.25) is 10.0 Å². The molecule has 2 aromatic rings. The maximum atomic E-state index is 12.7. The van der Waals surface area contributed by atoms with E-state index < -0.39 is 10.0 Å². The predicted octanol–water partition coefficient (Wildman–Crippen LogP) is 3.45. The lowest BCUT2D eigenvalue weighted by molar-refractivity contribution is 0.102. The van der Waals surface area contributed by atoms with E-state index in [1.165, 1.54) is 10.6 Å². The van der Waals surface area contributed by atoms with E-state index >= 15 is 0 Å². The fourth-order valence-electron chi connectivity index (χ4n) is 3.38. The van der Waals surface area contributed by atoms with Gasteiger partial charge < -0.3 is 14.8 Å². The predicted molar refractivity (Wildman–Crippen MR) is 114 cm³/mol. The van der Waals surface area contributed by atoms with E-state index in [2.05, 4.69) is 5.32 Å². The zero-order valence-corrected chi connectivity index (χ0v) is 17.7. The summed E-state index contributed by atoms with van der Waals surface area (Å²) in [5.74, 6) is 0.849. The lowest BCUT2D eigenvalue weighted by atomic mass is 10.0. The zero-order valence-electron chi connectivity index (χ0n) is 16.9. The van der Waals surface area contributed by atoms with Crippen molar-refractivity contribution in [2.75, 3.05) is 35.6 Å². The van der Waals surface area contributed by atoms with E-state index in [0.29, 0.717) is 48.2 Å². The first-order valence-electron chi connectivity index (χ1n) is 9.65. The Labute approximate surface area is 171 Å². The van der Waals surface area contributed by atoms with Crippen LogP contribution < -0.4 is 19.1 Å². The summed E-state index contributed by atoms with van der Waals surface area (Å²) in [6.07, 6.45) is 2.72. The van der Waals surface area contributed by atoms with Gasteiger partial charge in [0, 0.05) is 17.8 Å². The van der Waals surface area contributed by atoms with E-state index in [9.17, 15) is 13.2 Å². The number of fused-ring (bicyclic) bond motifs is 1. The third-order valence-corrected chi connectivity index (χ3v) is 5.80. The Balaban J connectivity index is 1.82. The van der Waals surface area contributed by atoms with Crippen LogP contribution in [0.1, 0.15) is 36.2 Å². The highest BCUT2D eigenvalue weighted by molar-refractivity contribution is 7.92. The molecule has 0 saturated carbocycles. The molecule has 29 heavy (non-hydrogen) atoms. The van der Waals surface area contributed by atoms with Crippen molar-refractivity contribution < 1.29 is 22.7 Å². The molecule has 0 saturated heterocycles. The summed E-state index contributed by atoms with van der Waals surface area (Å²) in [6, 6.07) is 10.4. The van der Waals surface area contributed by atoms with Gasteiger partial charge in [0.1, 0.15) is 0 Å². The van der Waals surface area contributed by atoms with Crippen molar-refractivity contribution in [1.82, 2.24) is 0 Å². The summed E-state index contributed by atoms with van der Waals surface area (Å²) in [6.45, 7) is 5.20.